The first kappa shape index (κ1) is 15.2. The lowest BCUT2D eigenvalue weighted by Crippen LogP contribution is -2.28. The van der Waals surface area contributed by atoms with E-state index < -0.39 is 0 Å². The first-order valence-electron chi connectivity index (χ1n) is 7.82. The van der Waals surface area contributed by atoms with Gasteiger partial charge in [-0.1, -0.05) is 12.1 Å². The number of hydrogen-bond acceptors (Lipinski definition) is 4. The molecule has 0 radical (unpaired) electrons. The number of nitrogens with one attached hydrogen (secondary N) is 2. The minimum Gasteiger partial charge on any atom is -0.326 e. The Morgan fingerprint density at radius 3 is 3.00 bits per heavy atom. The molecular formula is C17H21N3OS. The van der Waals surface area contributed by atoms with Crippen molar-refractivity contribution in [3.8, 4) is 10.6 Å². The number of amides is 1. The number of carbonyl (C=O) groups is 1. The summed E-state index contributed by atoms with van der Waals surface area (Å²) in [5.74, 6) is 0.795. The highest BCUT2D eigenvalue weighted by atomic mass is 32.1. The van der Waals surface area contributed by atoms with Crippen molar-refractivity contribution >= 4 is 22.9 Å². The van der Waals surface area contributed by atoms with Crippen LogP contribution in [0.4, 0.5) is 5.69 Å². The fraction of sp³-hybridized carbons (Fsp3) is 0.412. The zero-order valence-corrected chi connectivity index (χ0v) is 13.4. The van der Waals surface area contributed by atoms with Gasteiger partial charge in [-0.2, -0.15) is 0 Å². The number of piperidine rings is 1. The summed E-state index contributed by atoms with van der Waals surface area (Å²) in [7, 11) is 0. The van der Waals surface area contributed by atoms with Gasteiger partial charge in [-0.15, -0.1) is 11.3 Å². The van der Waals surface area contributed by atoms with Crippen molar-refractivity contribution in [2.45, 2.75) is 25.7 Å². The second kappa shape index (κ2) is 7.51. The van der Waals surface area contributed by atoms with E-state index in [4.69, 9.17) is 0 Å². The maximum Gasteiger partial charge on any atom is 0.224 e. The third kappa shape index (κ3) is 4.15. The van der Waals surface area contributed by atoms with Crippen molar-refractivity contribution < 1.29 is 4.79 Å². The van der Waals surface area contributed by atoms with Crippen LogP contribution in [0.5, 0.6) is 0 Å². The zero-order chi connectivity index (χ0) is 15.2. The van der Waals surface area contributed by atoms with Gasteiger partial charge in [0.2, 0.25) is 5.91 Å². The molecule has 1 aromatic heterocycles. The number of hydrogen-bond donors (Lipinski definition) is 2. The molecule has 4 nitrogen and oxygen atoms in total. The lowest BCUT2D eigenvalue weighted by atomic mass is 9.93. The van der Waals surface area contributed by atoms with Crippen LogP contribution in [-0.2, 0) is 4.79 Å². The maximum absolute atomic E-state index is 12.1. The Morgan fingerprint density at radius 2 is 2.23 bits per heavy atom. The fourth-order valence-corrected chi connectivity index (χ4v) is 3.46. The summed E-state index contributed by atoms with van der Waals surface area (Å²) in [6, 6.07) is 7.89. The van der Waals surface area contributed by atoms with Gasteiger partial charge < -0.3 is 10.6 Å². The quantitative estimate of drug-likeness (QED) is 0.887. The number of benzene rings is 1. The third-order valence-electron chi connectivity index (χ3n) is 4.06. The number of anilines is 1. The first-order chi connectivity index (χ1) is 10.8. The van der Waals surface area contributed by atoms with E-state index in [-0.39, 0.29) is 5.91 Å². The third-order valence-corrected chi connectivity index (χ3v) is 4.89. The van der Waals surface area contributed by atoms with Gasteiger partial charge in [0.1, 0.15) is 5.01 Å². The molecule has 2 N–H and O–H groups in total. The summed E-state index contributed by atoms with van der Waals surface area (Å²) in [6.07, 6.45) is 5.76. The molecule has 0 atom stereocenters. The highest BCUT2D eigenvalue weighted by molar-refractivity contribution is 7.13. The first-order valence-corrected chi connectivity index (χ1v) is 8.70. The molecule has 0 bridgehead atoms. The Morgan fingerprint density at radius 1 is 1.36 bits per heavy atom. The Kier molecular flexibility index (Phi) is 5.19. The summed E-state index contributed by atoms with van der Waals surface area (Å²) in [6.45, 7) is 2.17. The predicted octanol–water partition coefficient (Wildman–Crippen LogP) is 3.53. The molecule has 2 aromatic rings. The molecule has 0 unspecified atom stereocenters. The molecule has 1 saturated heterocycles. The number of thiazole rings is 1. The molecule has 1 aromatic carbocycles. The summed E-state index contributed by atoms with van der Waals surface area (Å²) >= 11 is 1.60. The number of rotatable bonds is 5. The van der Waals surface area contributed by atoms with Gasteiger partial charge in [0.05, 0.1) is 0 Å². The summed E-state index contributed by atoms with van der Waals surface area (Å²) in [4.78, 5) is 16.4. The van der Waals surface area contributed by atoms with Crippen molar-refractivity contribution in [3.05, 3.63) is 35.8 Å². The topological polar surface area (TPSA) is 54.0 Å². The Hall–Kier alpha value is -1.72. The van der Waals surface area contributed by atoms with Gasteiger partial charge >= 0.3 is 0 Å². The normalized spacial score (nSPS) is 15.6. The lowest BCUT2D eigenvalue weighted by Gasteiger charge is -2.22. The van der Waals surface area contributed by atoms with Crippen LogP contribution in [0.25, 0.3) is 10.6 Å². The van der Waals surface area contributed by atoms with Gasteiger partial charge in [-0.3, -0.25) is 4.79 Å². The van der Waals surface area contributed by atoms with Crippen molar-refractivity contribution in [2.24, 2.45) is 5.92 Å². The van der Waals surface area contributed by atoms with E-state index in [1.807, 2.05) is 29.6 Å². The van der Waals surface area contributed by atoms with Crippen LogP contribution >= 0.6 is 11.3 Å². The van der Waals surface area contributed by atoms with Gasteiger partial charge in [0, 0.05) is 29.2 Å². The molecular weight excluding hydrogens is 294 g/mol. The second-order valence-corrected chi connectivity index (χ2v) is 6.59. The van der Waals surface area contributed by atoms with Crippen LogP contribution in [0, 0.1) is 5.92 Å². The van der Waals surface area contributed by atoms with E-state index >= 15 is 0 Å². The smallest absolute Gasteiger partial charge is 0.224 e. The Labute approximate surface area is 135 Å². The fourth-order valence-electron chi connectivity index (χ4n) is 2.83. The molecule has 0 aliphatic carbocycles. The van der Waals surface area contributed by atoms with E-state index in [9.17, 15) is 4.79 Å². The average Bonchev–Trinajstić information content (AvgIpc) is 3.09. The highest BCUT2D eigenvalue weighted by Crippen LogP contribution is 2.24. The average molecular weight is 315 g/mol. The van der Waals surface area contributed by atoms with Crippen LogP contribution in [0.15, 0.2) is 35.8 Å². The molecule has 1 aliphatic heterocycles. The lowest BCUT2D eigenvalue weighted by molar-refractivity contribution is -0.116. The van der Waals surface area contributed by atoms with Gasteiger partial charge in [-0.05, 0) is 50.4 Å². The molecule has 2 heterocycles. The van der Waals surface area contributed by atoms with Crippen LogP contribution in [0.2, 0.25) is 0 Å². The van der Waals surface area contributed by atoms with Crippen LogP contribution < -0.4 is 10.6 Å². The Balaban J connectivity index is 1.54. The van der Waals surface area contributed by atoms with Crippen LogP contribution in [0.3, 0.4) is 0 Å². The van der Waals surface area contributed by atoms with E-state index in [0.29, 0.717) is 12.3 Å². The molecule has 22 heavy (non-hydrogen) atoms. The van der Waals surface area contributed by atoms with Crippen LogP contribution in [0.1, 0.15) is 25.7 Å². The SMILES string of the molecule is O=C(CCC1CCNCC1)Nc1cccc(-c2nccs2)c1. The van der Waals surface area contributed by atoms with Gasteiger partial charge in [0.25, 0.3) is 0 Å². The standard InChI is InChI=1S/C17H21N3OS/c21-16(5-4-13-6-8-18-9-7-13)20-15-3-1-2-14(12-15)17-19-10-11-22-17/h1-3,10-13,18H,4-9H2,(H,20,21). The summed E-state index contributed by atoms with van der Waals surface area (Å²) in [5.41, 5.74) is 1.90. The number of aromatic nitrogens is 1. The molecule has 0 saturated carbocycles. The van der Waals surface area contributed by atoms with E-state index in [0.717, 1.165) is 35.8 Å². The summed E-state index contributed by atoms with van der Waals surface area (Å²) in [5, 5.41) is 9.30. The minimum atomic E-state index is 0.106. The number of carbonyl (C=O) groups excluding carboxylic acids is 1. The number of nitrogens with zero attached hydrogens (tertiary/aromatic N) is 1. The van der Waals surface area contributed by atoms with Gasteiger partial charge in [-0.25, -0.2) is 4.98 Å². The molecule has 1 fully saturated rings. The van der Waals surface area contributed by atoms with E-state index in [1.54, 1.807) is 17.5 Å². The van der Waals surface area contributed by atoms with Crippen molar-refractivity contribution in [3.63, 3.8) is 0 Å². The van der Waals surface area contributed by atoms with Gasteiger partial charge in [0.15, 0.2) is 0 Å². The minimum absolute atomic E-state index is 0.106. The Bertz CT molecular complexity index is 606. The van der Waals surface area contributed by atoms with E-state index in [1.165, 1.54) is 12.8 Å². The summed E-state index contributed by atoms with van der Waals surface area (Å²) < 4.78 is 0. The predicted molar refractivity (Wildman–Crippen MR) is 91.0 cm³/mol. The van der Waals surface area contributed by atoms with E-state index in [2.05, 4.69) is 15.6 Å². The molecule has 1 aliphatic rings. The molecule has 5 heteroatoms. The van der Waals surface area contributed by atoms with Crippen molar-refractivity contribution in [1.82, 2.24) is 10.3 Å². The molecule has 3 rings (SSSR count). The molecule has 0 spiro atoms. The highest BCUT2D eigenvalue weighted by Gasteiger charge is 2.14. The molecule has 1 amide bonds. The largest absolute Gasteiger partial charge is 0.326 e. The van der Waals surface area contributed by atoms with Crippen molar-refractivity contribution in [2.75, 3.05) is 18.4 Å². The van der Waals surface area contributed by atoms with Crippen molar-refractivity contribution in [1.29, 1.82) is 0 Å². The molecule has 116 valence electrons. The van der Waals surface area contributed by atoms with Crippen LogP contribution in [-0.4, -0.2) is 24.0 Å². The second-order valence-electron chi connectivity index (χ2n) is 5.70. The monoisotopic (exact) mass is 315 g/mol. The zero-order valence-electron chi connectivity index (χ0n) is 12.5. The maximum atomic E-state index is 12.1.